The summed E-state index contributed by atoms with van der Waals surface area (Å²) in [5.41, 5.74) is 4.11. The largest absolute Gasteiger partial charge is 0.493 e. The number of carbonyl (C=O) groups excluding carboxylic acids is 2. The van der Waals surface area contributed by atoms with Crippen molar-refractivity contribution >= 4 is 39.2 Å². The van der Waals surface area contributed by atoms with Gasteiger partial charge in [-0.3, -0.25) is 9.69 Å². The van der Waals surface area contributed by atoms with Crippen LogP contribution in [0.1, 0.15) is 47.2 Å². The lowest BCUT2D eigenvalue weighted by Crippen LogP contribution is -2.41. The molecule has 0 fully saturated rings. The van der Waals surface area contributed by atoms with Gasteiger partial charge in [0.2, 0.25) is 0 Å². The van der Waals surface area contributed by atoms with Gasteiger partial charge in [0, 0.05) is 17.6 Å². The number of alkyl halides is 1. The van der Waals surface area contributed by atoms with Crippen LogP contribution in [-0.2, 0) is 4.74 Å². The number of nitrogens with zero attached hydrogens (tertiary/aromatic N) is 2. The summed E-state index contributed by atoms with van der Waals surface area (Å²) in [5, 5.41) is 0.955. The van der Waals surface area contributed by atoms with Crippen LogP contribution >= 0.6 is 15.9 Å². The first kappa shape index (κ1) is 26.8. The van der Waals surface area contributed by atoms with E-state index in [1.807, 2.05) is 13.1 Å². The Morgan fingerprint density at radius 1 is 1.16 bits per heavy atom. The molecule has 0 aliphatic carbocycles. The number of unbranched alkanes of at least 4 members (excludes halogenated alkanes) is 2. The molecule has 0 saturated carbocycles. The van der Waals surface area contributed by atoms with Crippen molar-refractivity contribution < 1.29 is 23.8 Å². The van der Waals surface area contributed by atoms with Crippen LogP contribution in [0.25, 0.3) is 5.57 Å². The van der Waals surface area contributed by atoms with Gasteiger partial charge in [-0.1, -0.05) is 58.4 Å². The number of hydrogen-bond donors (Lipinski definition) is 0. The summed E-state index contributed by atoms with van der Waals surface area (Å²) in [6.45, 7) is 6.56. The van der Waals surface area contributed by atoms with Crippen LogP contribution in [0.3, 0.4) is 0 Å². The first-order chi connectivity index (χ1) is 18.0. The number of methoxy groups -OCH3 is 1. The van der Waals surface area contributed by atoms with Gasteiger partial charge in [0.1, 0.15) is 6.61 Å². The van der Waals surface area contributed by atoms with E-state index in [0.29, 0.717) is 35.8 Å². The fraction of sp³-hybridized carbons (Fsp3) is 0.379. The number of hydrogen-bond acceptors (Lipinski definition) is 5. The number of amides is 2. The summed E-state index contributed by atoms with van der Waals surface area (Å²) in [6, 6.07) is 11.4. The Morgan fingerprint density at radius 2 is 1.95 bits per heavy atom. The number of benzene rings is 2. The molecule has 2 aromatic carbocycles. The van der Waals surface area contributed by atoms with Gasteiger partial charge < -0.3 is 19.1 Å². The molecule has 8 heteroatoms. The molecule has 0 bridgehead atoms. The van der Waals surface area contributed by atoms with Crippen molar-refractivity contribution in [1.82, 2.24) is 4.90 Å². The SMILES string of the molecule is C=CCOC(=O)N1C[C@@H]2CC(c3ccc(C)cc3)=CN2C(=O)c2cc(OC)c(OCCCCCBr)cc21. The zero-order chi connectivity index (χ0) is 26.4. The fourth-order valence-electron chi connectivity index (χ4n) is 4.62. The Labute approximate surface area is 226 Å². The number of halogens is 1. The number of rotatable bonds is 10. The second kappa shape index (κ2) is 12.3. The normalized spacial score (nSPS) is 16.5. The summed E-state index contributed by atoms with van der Waals surface area (Å²) in [6.07, 6.45) is 6.51. The molecule has 0 N–H and O–H groups in total. The highest BCUT2D eigenvalue weighted by Gasteiger charge is 2.40. The molecule has 196 valence electrons. The van der Waals surface area contributed by atoms with Crippen LogP contribution in [0.15, 0.2) is 55.3 Å². The highest BCUT2D eigenvalue weighted by atomic mass is 79.9. The Bertz CT molecular complexity index is 1180. The molecular formula is C29H33BrN2O5. The maximum absolute atomic E-state index is 13.8. The van der Waals surface area contributed by atoms with Gasteiger partial charge in [0.25, 0.3) is 5.91 Å². The number of ether oxygens (including phenoxy) is 3. The molecule has 0 unspecified atom stereocenters. The van der Waals surface area contributed by atoms with Crippen molar-refractivity contribution in [3.05, 3.63) is 71.9 Å². The molecule has 1 atom stereocenters. The Morgan fingerprint density at radius 3 is 2.65 bits per heavy atom. The van der Waals surface area contributed by atoms with Crippen molar-refractivity contribution in [2.75, 3.05) is 37.1 Å². The third-order valence-electron chi connectivity index (χ3n) is 6.58. The molecule has 4 rings (SSSR count). The standard InChI is InChI=1S/C29H33BrN2O5/c1-4-13-37-29(34)32-19-23-15-22(21-10-8-20(2)9-11-21)18-31(23)28(33)24-16-26(35-3)27(17-25(24)32)36-14-7-5-6-12-30/h4,8-11,16-18,23H,1,5-7,12-15,19H2,2-3H3/t23-/m0/s1. The summed E-state index contributed by atoms with van der Waals surface area (Å²) in [7, 11) is 1.55. The molecule has 0 aromatic heterocycles. The van der Waals surface area contributed by atoms with E-state index in [9.17, 15) is 9.59 Å². The van der Waals surface area contributed by atoms with E-state index in [-0.39, 0.29) is 25.1 Å². The molecule has 2 amide bonds. The zero-order valence-electron chi connectivity index (χ0n) is 21.4. The average molecular weight is 569 g/mol. The maximum Gasteiger partial charge on any atom is 0.414 e. The predicted octanol–water partition coefficient (Wildman–Crippen LogP) is 6.35. The van der Waals surface area contributed by atoms with Gasteiger partial charge in [-0.25, -0.2) is 4.79 Å². The van der Waals surface area contributed by atoms with E-state index in [1.54, 1.807) is 24.1 Å². The van der Waals surface area contributed by atoms with Crippen LogP contribution < -0.4 is 14.4 Å². The lowest BCUT2D eigenvalue weighted by atomic mass is 10.0. The van der Waals surface area contributed by atoms with Crippen molar-refractivity contribution in [3.8, 4) is 11.5 Å². The van der Waals surface area contributed by atoms with Crippen LogP contribution in [0, 0.1) is 6.92 Å². The fourth-order valence-corrected chi connectivity index (χ4v) is 5.01. The second-order valence-corrected chi connectivity index (χ2v) is 9.98. The minimum Gasteiger partial charge on any atom is -0.493 e. The lowest BCUT2D eigenvalue weighted by Gasteiger charge is -2.26. The molecule has 0 spiro atoms. The third kappa shape index (κ3) is 6.01. The molecule has 0 saturated heterocycles. The first-order valence-electron chi connectivity index (χ1n) is 12.5. The van der Waals surface area contributed by atoms with E-state index in [4.69, 9.17) is 14.2 Å². The summed E-state index contributed by atoms with van der Waals surface area (Å²) < 4.78 is 17.0. The molecule has 2 aliphatic heterocycles. The van der Waals surface area contributed by atoms with Crippen molar-refractivity contribution in [3.63, 3.8) is 0 Å². The highest BCUT2D eigenvalue weighted by Crippen LogP contribution is 2.41. The summed E-state index contributed by atoms with van der Waals surface area (Å²) >= 11 is 3.45. The van der Waals surface area contributed by atoms with Crippen LogP contribution in [0.2, 0.25) is 0 Å². The third-order valence-corrected chi connectivity index (χ3v) is 7.14. The Hall–Kier alpha value is -3.26. The maximum atomic E-state index is 13.8. The van der Waals surface area contributed by atoms with E-state index >= 15 is 0 Å². The summed E-state index contributed by atoms with van der Waals surface area (Å²) in [4.78, 5) is 30.3. The van der Waals surface area contributed by atoms with Gasteiger partial charge in [-0.2, -0.15) is 0 Å². The first-order valence-corrected chi connectivity index (χ1v) is 13.6. The zero-order valence-corrected chi connectivity index (χ0v) is 23.0. The van der Waals surface area contributed by atoms with E-state index in [2.05, 4.69) is 46.8 Å². The minimum atomic E-state index is -0.534. The molecule has 2 aliphatic rings. The van der Waals surface area contributed by atoms with E-state index in [1.165, 1.54) is 16.5 Å². The Balaban J connectivity index is 1.70. The van der Waals surface area contributed by atoms with E-state index < -0.39 is 6.09 Å². The number of anilines is 1. The van der Waals surface area contributed by atoms with Gasteiger partial charge >= 0.3 is 6.09 Å². The molecular weight excluding hydrogens is 536 g/mol. The van der Waals surface area contributed by atoms with Crippen molar-refractivity contribution in [2.24, 2.45) is 0 Å². The monoisotopic (exact) mass is 568 g/mol. The average Bonchev–Trinajstić information content (AvgIpc) is 3.29. The van der Waals surface area contributed by atoms with Gasteiger partial charge in [-0.15, -0.1) is 0 Å². The smallest absolute Gasteiger partial charge is 0.414 e. The predicted molar refractivity (Wildman–Crippen MR) is 149 cm³/mol. The molecule has 7 nitrogen and oxygen atoms in total. The van der Waals surface area contributed by atoms with Crippen LogP contribution in [0.4, 0.5) is 10.5 Å². The number of fused-ring (bicyclic) bond motifs is 2. The van der Waals surface area contributed by atoms with Crippen molar-refractivity contribution in [1.29, 1.82) is 0 Å². The molecule has 2 heterocycles. The topological polar surface area (TPSA) is 68.3 Å². The number of carbonyl (C=O) groups is 2. The second-order valence-electron chi connectivity index (χ2n) is 9.19. The van der Waals surface area contributed by atoms with Gasteiger partial charge in [0.05, 0.1) is 37.6 Å². The van der Waals surface area contributed by atoms with E-state index in [0.717, 1.165) is 35.7 Å². The lowest BCUT2D eigenvalue weighted by molar-refractivity contribution is 0.0794. The quantitative estimate of drug-likeness (QED) is 0.190. The molecule has 0 radical (unpaired) electrons. The van der Waals surface area contributed by atoms with Gasteiger partial charge in [-0.05, 0) is 49.8 Å². The molecule has 37 heavy (non-hydrogen) atoms. The van der Waals surface area contributed by atoms with Crippen molar-refractivity contribution in [2.45, 2.75) is 38.6 Å². The molecule has 2 aromatic rings. The summed E-state index contributed by atoms with van der Waals surface area (Å²) in [5.74, 6) is 0.753. The minimum absolute atomic E-state index is 0.0763. The highest BCUT2D eigenvalue weighted by molar-refractivity contribution is 9.09. The van der Waals surface area contributed by atoms with Crippen LogP contribution in [-0.4, -0.2) is 55.1 Å². The number of aryl methyl sites for hydroxylation is 1. The van der Waals surface area contributed by atoms with Crippen LogP contribution in [0.5, 0.6) is 11.5 Å². The Kier molecular flexibility index (Phi) is 8.92. The van der Waals surface area contributed by atoms with Gasteiger partial charge in [0.15, 0.2) is 11.5 Å².